The fourth-order valence-corrected chi connectivity index (χ4v) is 6.68. The van der Waals surface area contributed by atoms with Crippen molar-refractivity contribution >= 4 is 35.3 Å². The number of esters is 1. The number of halogens is 1. The minimum Gasteiger partial charge on any atom is -0.452 e. The van der Waals surface area contributed by atoms with Gasteiger partial charge in [0.2, 0.25) is 5.91 Å². The number of hydrogen-bond acceptors (Lipinski definition) is 10. The van der Waals surface area contributed by atoms with E-state index in [1.807, 2.05) is 27.0 Å². The minimum absolute atomic E-state index is 0.0630. The second kappa shape index (κ2) is 14.3. The van der Waals surface area contributed by atoms with E-state index >= 15 is 0 Å². The number of fused-ring (bicyclic) bond motifs is 2. The van der Waals surface area contributed by atoms with Crippen molar-refractivity contribution in [2.75, 3.05) is 6.54 Å². The molecule has 2 aliphatic rings. The maximum absolute atomic E-state index is 14.3. The Labute approximate surface area is 305 Å². The Morgan fingerprint density at radius 1 is 1.06 bits per heavy atom. The number of nitro groups is 1. The number of aromatic nitrogens is 4. The van der Waals surface area contributed by atoms with Crippen LogP contribution in [0.2, 0.25) is 5.02 Å². The Bertz CT molecular complexity index is 1980. The molecule has 1 aliphatic carbocycles. The first-order chi connectivity index (χ1) is 24.6. The second-order valence-electron chi connectivity index (χ2n) is 14.4. The molecule has 2 aromatic heterocycles. The first-order valence-electron chi connectivity index (χ1n) is 17.0. The van der Waals surface area contributed by atoms with E-state index in [-0.39, 0.29) is 42.2 Å². The summed E-state index contributed by atoms with van der Waals surface area (Å²) in [6.45, 7) is 11.9. The Balaban J connectivity index is 1.20. The Kier molecular flexibility index (Phi) is 10.0. The van der Waals surface area contributed by atoms with Crippen molar-refractivity contribution in [1.29, 1.82) is 0 Å². The van der Waals surface area contributed by atoms with Crippen LogP contribution in [0.15, 0.2) is 61.1 Å². The van der Waals surface area contributed by atoms with Crippen LogP contribution in [-0.4, -0.2) is 70.6 Å². The average Bonchev–Trinajstić information content (AvgIpc) is 3.76. The molecule has 0 bridgehead atoms. The van der Waals surface area contributed by atoms with Crippen molar-refractivity contribution in [2.24, 2.45) is 0 Å². The summed E-state index contributed by atoms with van der Waals surface area (Å²) in [5.41, 5.74) is 3.06. The monoisotopic (exact) mass is 729 g/mol. The van der Waals surface area contributed by atoms with Gasteiger partial charge in [0, 0.05) is 53.6 Å². The number of nitrogens with zero attached hydrogens (tertiary/aromatic N) is 7. The van der Waals surface area contributed by atoms with Gasteiger partial charge >= 0.3 is 12.1 Å². The largest absolute Gasteiger partial charge is 0.452 e. The molecule has 2 aromatic carbocycles. The molecule has 1 unspecified atom stereocenters. The predicted octanol–water partition coefficient (Wildman–Crippen LogP) is 6.90. The lowest BCUT2D eigenvalue weighted by Crippen LogP contribution is -2.46. The molecule has 15 heteroatoms. The van der Waals surface area contributed by atoms with Gasteiger partial charge in [0.05, 0.1) is 34.3 Å². The summed E-state index contributed by atoms with van der Waals surface area (Å²) in [7, 11) is 0. The molecule has 2 amide bonds. The number of amides is 2. The molecule has 0 N–H and O–H groups in total. The summed E-state index contributed by atoms with van der Waals surface area (Å²) in [5.74, 6) is -0.952. The summed E-state index contributed by atoms with van der Waals surface area (Å²) in [5, 5.41) is 16.4. The highest BCUT2D eigenvalue weighted by Gasteiger charge is 2.38. The average molecular weight is 730 g/mol. The van der Waals surface area contributed by atoms with Crippen LogP contribution in [0.4, 0.5) is 10.5 Å². The number of carbonyl (C=O) groups is 3. The lowest BCUT2D eigenvalue weighted by atomic mass is 9.96. The number of ether oxygens (including phenoxy) is 2. The molecule has 0 fully saturated rings. The van der Waals surface area contributed by atoms with Crippen LogP contribution < -0.4 is 0 Å². The van der Waals surface area contributed by atoms with Crippen molar-refractivity contribution in [1.82, 2.24) is 29.5 Å². The van der Waals surface area contributed by atoms with Gasteiger partial charge in [0.15, 0.2) is 5.82 Å². The van der Waals surface area contributed by atoms with Crippen LogP contribution in [0.5, 0.6) is 0 Å². The molecule has 1 aliphatic heterocycles. The molecule has 52 heavy (non-hydrogen) atoms. The molecule has 272 valence electrons. The van der Waals surface area contributed by atoms with Crippen LogP contribution >= 0.6 is 11.6 Å². The number of non-ortho nitro benzene ring substituents is 1. The fourth-order valence-electron chi connectivity index (χ4n) is 6.55. The van der Waals surface area contributed by atoms with E-state index in [4.69, 9.17) is 26.2 Å². The van der Waals surface area contributed by atoms with Crippen molar-refractivity contribution in [3.63, 3.8) is 0 Å². The molecule has 4 aromatic rings. The van der Waals surface area contributed by atoms with E-state index in [0.717, 1.165) is 22.4 Å². The highest BCUT2D eigenvalue weighted by atomic mass is 35.5. The maximum Gasteiger partial charge on any atom is 0.410 e. The smallest absolute Gasteiger partial charge is 0.410 e. The lowest BCUT2D eigenvalue weighted by Gasteiger charge is -2.33. The number of hydrogen-bond donors (Lipinski definition) is 0. The summed E-state index contributed by atoms with van der Waals surface area (Å²) >= 11 is 6.19. The molecule has 0 radical (unpaired) electrons. The van der Waals surface area contributed by atoms with Crippen LogP contribution in [0.3, 0.4) is 0 Å². The van der Waals surface area contributed by atoms with Crippen LogP contribution in [-0.2, 0) is 27.4 Å². The van der Waals surface area contributed by atoms with Crippen molar-refractivity contribution in [2.45, 2.75) is 90.6 Å². The first-order valence-corrected chi connectivity index (χ1v) is 17.4. The van der Waals surface area contributed by atoms with E-state index in [2.05, 4.69) is 9.97 Å². The number of nitro benzene ring substituents is 1. The van der Waals surface area contributed by atoms with Gasteiger partial charge < -0.3 is 19.3 Å². The van der Waals surface area contributed by atoms with Gasteiger partial charge in [-0.25, -0.2) is 24.2 Å². The highest BCUT2D eigenvalue weighted by molar-refractivity contribution is 6.30. The third-order valence-electron chi connectivity index (χ3n) is 9.13. The van der Waals surface area contributed by atoms with Gasteiger partial charge in [-0.1, -0.05) is 30.7 Å². The SMILES string of the molecule is CC(C)N(CC(C(=O)N1Cc2cn(-c3ncnc4c3[C@H](C)C[C@H]4OC(=O)c3ccc([N+](=O)[O-])cc3)nc2C1)c1ccc(Cl)cc1)C(=O)OC(C)(C)C. The molecule has 6 rings (SSSR count). The van der Waals surface area contributed by atoms with Crippen LogP contribution in [0, 0.1) is 10.1 Å². The maximum atomic E-state index is 14.3. The van der Waals surface area contributed by atoms with E-state index in [1.54, 1.807) is 59.5 Å². The summed E-state index contributed by atoms with van der Waals surface area (Å²) in [6, 6.07) is 12.1. The third-order valence-corrected chi connectivity index (χ3v) is 9.38. The zero-order valence-corrected chi connectivity index (χ0v) is 30.5. The normalized spacial score (nSPS) is 17.0. The molecule has 0 spiro atoms. The number of rotatable bonds is 9. The van der Waals surface area contributed by atoms with Crippen LogP contribution in [0.1, 0.15) is 104 Å². The standard InChI is InChI=1S/C37H40ClN7O7/c1-21(2)43(36(48)52-37(4,5)6)18-28(23-7-11-26(38)12-8-23)34(46)42-16-25-17-44(41-29(25)19-42)33-31-22(3)15-30(32(31)39-20-40-33)51-35(47)24-9-13-27(14-10-24)45(49)50/h7-14,17,20-22,28,30H,15-16,18-19H2,1-6H3/t22-,28?,30-/m1/s1. The summed E-state index contributed by atoms with van der Waals surface area (Å²) in [6.07, 6.45) is 2.60. The molecule has 3 heterocycles. The Hall–Kier alpha value is -5.37. The molecular weight excluding hydrogens is 690 g/mol. The zero-order chi connectivity index (χ0) is 37.5. The molecular formula is C37H40ClN7O7. The van der Waals surface area contributed by atoms with Crippen molar-refractivity contribution in [3.05, 3.63) is 110 Å². The topological polar surface area (TPSA) is 163 Å². The van der Waals surface area contributed by atoms with E-state index < -0.39 is 34.6 Å². The highest BCUT2D eigenvalue weighted by Crippen LogP contribution is 2.43. The first kappa shape index (κ1) is 36.4. The molecule has 3 atom stereocenters. The number of carbonyl (C=O) groups excluding carboxylic acids is 3. The van der Waals surface area contributed by atoms with Gasteiger partial charge in [-0.2, -0.15) is 5.10 Å². The van der Waals surface area contributed by atoms with E-state index in [9.17, 15) is 24.5 Å². The lowest BCUT2D eigenvalue weighted by molar-refractivity contribution is -0.384. The van der Waals surface area contributed by atoms with Gasteiger partial charge in [-0.05, 0) is 76.8 Å². The Morgan fingerprint density at radius 2 is 1.75 bits per heavy atom. The quantitative estimate of drug-likeness (QED) is 0.101. The van der Waals surface area contributed by atoms with Gasteiger partial charge in [-0.15, -0.1) is 0 Å². The van der Waals surface area contributed by atoms with Gasteiger partial charge in [0.1, 0.15) is 18.0 Å². The summed E-state index contributed by atoms with van der Waals surface area (Å²) in [4.78, 5) is 63.3. The second-order valence-corrected chi connectivity index (χ2v) is 14.8. The van der Waals surface area contributed by atoms with Gasteiger partial charge in [0.25, 0.3) is 5.69 Å². The van der Waals surface area contributed by atoms with Gasteiger partial charge in [-0.3, -0.25) is 14.9 Å². The van der Waals surface area contributed by atoms with Crippen LogP contribution in [0.25, 0.3) is 5.82 Å². The zero-order valence-electron chi connectivity index (χ0n) is 29.8. The molecule has 14 nitrogen and oxygen atoms in total. The van der Waals surface area contributed by atoms with Crippen molar-refractivity contribution < 1.29 is 28.8 Å². The molecule has 0 saturated heterocycles. The predicted molar refractivity (Wildman–Crippen MR) is 190 cm³/mol. The fraction of sp³-hybridized carbons (Fsp3) is 0.405. The van der Waals surface area contributed by atoms with Crippen molar-refractivity contribution in [3.8, 4) is 5.82 Å². The third kappa shape index (κ3) is 7.61. The van der Waals surface area contributed by atoms with E-state index in [0.29, 0.717) is 29.5 Å². The summed E-state index contributed by atoms with van der Waals surface area (Å²) < 4.78 is 13.2. The number of benzene rings is 2. The molecule has 0 saturated carbocycles. The van der Waals surface area contributed by atoms with E-state index in [1.165, 1.54) is 30.6 Å². The Morgan fingerprint density at radius 3 is 2.37 bits per heavy atom. The minimum atomic E-state index is -0.699.